The number of benzene rings is 1. The molecule has 6 nitrogen and oxygen atoms in total. The first-order chi connectivity index (χ1) is 11.5. The van der Waals surface area contributed by atoms with Crippen molar-refractivity contribution in [1.29, 1.82) is 0 Å². The minimum absolute atomic E-state index is 0.0992. The van der Waals surface area contributed by atoms with Gasteiger partial charge in [0, 0.05) is 18.7 Å². The molecule has 2 aromatic rings. The Balaban J connectivity index is 2.46. The summed E-state index contributed by atoms with van der Waals surface area (Å²) in [5.74, 6) is -2.60. The highest BCUT2D eigenvalue weighted by molar-refractivity contribution is 6.31. The fourth-order valence-corrected chi connectivity index (χ4v) is 2.30. The molecule has 0 saturated carbocycles. The van der Waals surface area contributed by atoms with Gasteiger partial charge >= 0.3 is 6.18 Å². The number of primary amides is 1. The Morgan fingerprint density at radius 3 is 2.48 bits per heavy atom. The molecule has 0 unspecified atom stereocenters. The maximum atomic E-state index is 14.4. The highest BCUT2D eigenvalue weighted by Gasteiger charge is 2.32. The lowest BCUT2D eigenvalue weighted by atomic mass is 10.0. The van der Waals surface area contributed by atoms with Gasteiger partial charge in [0.1, 0.15) is 5.82 Å². The third-order valence-corrected chi connectivity index (χ3v) is 3.57. The van der Waals surface area contributed by atoms with Crippen LogP contribution in [0, 0.1) is 15.9 Å². The second kappa shape index (κ2) is 6.63. The Morgan fingerprint density at radius 1 is 1.36 bits per heavy atom. The van der Waals surface area contributed by atoms with E-state index in [-0.39, 0.29) is 22.7 Å². The number of nitro groups is 1. The van der Waals surface area contributed by atoms with Gasteiger partial charge in [0.2, 0.25) is 0 Å². The van der Waals surface area contributed by atoms with Crippen LogP contribution in [0.1, 0.15) is 27.2 Å². The predicted molar refractivity (Wildman–Crippen MR) is 78.6 cm³/mol. The van der Waals surface area contributed by atoms with Crippen molar-refractivity contribution in [3.05, 3.63) is 67.7 Å². The second-order valence-electron chi connectivity index (χ2n) is 4.88. The summed E-state index contributed by atoms with van der Waals surface area (Å²) in [6.07, 6.45) is -4.51. The lowest BCUT2D eigenvalue weighted by Gasteiger charge is -2.10. The highest BCUT2D eigenvalue weighted by atomic mass is 35.5. The van der Waals surface area contributed by atoms with E-state index in [1.165, 1.54) is 0 Å². The van der Waals surface area contributed by atoms with Crippen LogP contribution in [0.2, 0.25) is 5.02 Å². The van der Waals surface area contributed by atoms with Crippen LogP contribution in [0.25, 0.3) is 0 Å². The van der Waals surface area contributed by atoms with Crippen molar-refractivity contribution in [3.63, 3.8) is 0 Å². The van der Waals surface area contributed by atoms with E-state index in [1.807, 2.05) is 0 Å². The van der Waals surface area contributed by atoms with Crippen molar-refractivity contribution in [3.8, 4) is 0 Å². The molecule has 1 amide bonds. The third kappa shape index (κ3) is 3.85. The van der Waals surface area contributed by atoms with Crippen LogP contribution in [0.3, 0.4) is 0 Å². The van der Waals surface area contributed by atoms with Gasteiger partial charge in [0.05, 0.1) is 21.2 Å². The number of nitrogens with zero attached hydrogens (tertiary/aromatic N) is 2. The summed E-state index contributed by atoms with van der Waals surface area (Å²) in [5, 5.41) is 10.5. The number of hydrogen-bond donors (Lipinski definition) is 1. The molecule has 0 aliphatic rings. The molecule has 0 bridgehead atoms. The maximum absolute atomic E-state index is 14.4. The minimum Gasteiger partial charge on any atom is -0.365 e. The van der Waals surface area contributed by atoms with Gasteiger partial charge in [-0.25, -0.2) is 4.39 Å². The number of halogens is 5. The molecule has 0 atom stereocenters. The monoisotopic (exact) mass is 377 g/mol. The van der Waals surface area contributed by atoms with E-state index in [2.05, 4.69) is 4.98 Å². The van der Waals surface area contributed by atoms with E-state index in [0.29, 0.717) is 12.3 Å². The number of pyridine rings is 1. The number of aromatic nitrogens is 1. The first kappa shape index (κ1) is 18.6. The first-order valence-electron chi connectivity index (χ1n) is 6.49. The molecule has 0 fully saturated rings. The zero-order chi connectivity index (χ0) is 18.9. The number of carbonyl (C=O) groups excluding carboxylic acids is 1. The van der Waals surface area contributed by atoms with E-state index in [9.17, 15) is 32.5 Å². The number of nitro benzene ring substituents is 1. The van der Waals surface area contributed by atoms with Crippen molar-refractivity contribution < 1.29 is 27.3 Å². The smallest absolute Gasteiger partial charge is 0.365 e. The van der Waals surface area contributed by atoms with Gasteiger partial charge in [0.15, 0.2) is 5.56 Å². The summed E-state index contributed by atoms with van der Waals surface area (Å²) < 4.78 is 52.1. The number of alkyl halides is 3. The summed E-state index contributed by atoms with van der Waals surface area (Å²) in [4.78, 5) is 24.7. The van der Waals surface area contributed by atoms with E-state index in [1.54, 1.807) is 0 Å². The molecule has 25 heavy (non-hydrogen) atoms. The quantitative estimate of drug-likeness (QED) is 0.501. The lowest BCUT2D eigenvalue weighted by Crippen LogP contribution is -2.17. The van der Waals surface area contributed by atoms with E-state index < -0.39 is 39.6 Å². The van der Waals surface area contributed by atoms with Gasteiger partial charge in [-0.05, 0) is 17.7 Å². The molecule has 1 aromatic carbocycles. The topological polar surface area (TPSA) is 99.1 Å². The molecule has 0 aliphatic heterocycles. The van der Waals surface area contributed by atoms with E-state index in [4.69, 9.17) is 17.3 Å². The first-order valence-corrected chi connectivity index (χ1v) is 6.87. The second-order valence-corrected chi connectivity index (χ2v) is 5.29. The molecule has 2 N–H and O–H groups in total. The Labute approximate surface area is 142 Å². The Kier molecular flexibility index (Phi) is 4.93. The summed E-state index contributed by atoms with van der Waals surface area (Å²) in [5.41, 5.74) is 1.81. The van der Waals surface area contributed by atoms with Crippen molar-refractivity contribution in [1.82, 2.24) is 4.98 Å². The van der Waals surface area contributed by atoms with Crippen molar-refractivity contribution in [2.24, 2.45) is 5.73 Å². The molecule has 11 heteroatoms. The number of rotatable bonds is 4. The summed E-state index contributed by atoms with van der Waals surface area (Å²) in [6, 6.07) is 2.51. The van der Waals surface area contributed by atoms with Gasteiger partial charge in [-0.3, -0.25) is 19.9 Å². The molecule has 1 heterocycles. The summed E-state index contributed by atoms with van der Waals surface area (Å²) in [7, 11) is 0. The van der Waals surface area contributed by atoms with E-state index in [0.717, 1.165) is 12.1 Å². The Hall–Kier alpha value is -2.75. The molecule has 0 spiro atoms. The normalized spacial score (nSPS) is 11.4. The number of amides is 1. The van der Waals surface area contributed by atoms with Gasteiger partial charge in [-0.2, -0.15) is 13.2 Å². The molecule has 1 aromatic heterocycles. The Morgan fingerprint density at radius 2 is 2.00 bits per heavy atom. The number of nitrogens with two attached hydrogens (primary N) is 1. The molecular weight excluding hydrogens is 370 g/mol. The number of carbonyl (C=O) groups is 1. The Bertz CT molecular complexity index is 871. The molecule has 0 radical (unpaired) electrons. The van der Waals surface area contributed by atoms with Crippen LogP contribution in [-0.4, -0.2) is 15.8 Å². The van der Waals surface area contributed by atoms with Crippen LogP contribution < -0.4 is 5.73 Å². The van der Waals surface area contributed by atoms with Crippen molar-refractivity contribution in [2.45, 2.75) is 12.6 Å². The van der Waals surface area contributed by atoms with E-state index >= 15 is 0 Å². The van der Waals surface area contributed by atoms with Crippen LogP contribution in [0.5, 0.6) is 0 Å². The third-order valence-electron chi connectivity index (χ3n) is 3.25. The maximum Gasteiger partial charge on any atom is 0.417 e. The van der Waals surface area contributed by atoms with Crippen molar-refractivity contribution >= 4 is 23.2 Å². The van der Waals surface area contributed by atoms with Gasteiger partial charge in [0.25, 0.3) is 11.6 Å². The molecule has 0 aliphatic carbocycles. The van der Waals surface area contributed by atoms with Crippen LogP contribution >= 0.6 is 11.6 Å². The van der Waals surface area contributed by atoms with Crippen LogP contribution in [0.4, 0.5) is 23.2 Å². The minimum atomic E-state index is -4.65. The van der Waals surface area contributed by atoms with Gasteiger partial charge in [-0.1, -0.05) is 11.6 Å². The van der Waals surface area contributed by atoms with Crippen LogP contribution in [0.15, 0.2) is 24.4 Å². The average molecular weight is 378 g/mol. The zero-order valence-corrected chi connectivity index (χ0v) is 12.9. The molecule has 2 rings (SSSR count). The lowest BCUT2D eigenvalue weighted by molar-refractivity contribution is -0.385. The van der Waals surface area contributed by atoms with Crippen LogP contribution in [-0.2, 0) is 12.6 Å². The fraction of sp³-hybridized carbons (Fsp3) is 0.143. The van der Waals surface area contributed by atoms with Gasteiger partial charge < -0.3 is 5.73 Å². The summed E-state index contributed by atoms with van der Waals surface area (Å²) in [6.45, 7) is 0. The molecule has 132 valence electrons. The standard InChI is InChI=1S/C14H8ClF4N3O3/c15-8-4-7(14(17,18)19)5-21-9(8)3-6-1-2-10(22(24)25)11(12(6)16)13(20)23/h1-2,4-5H,3H2,(H2,20,23). The fourth-order valence-electron chi connectivity index (χ4n) is 2.06. The largest absolute Gasteiger partial charge is 0.417 e. The SMILES string of the molecule is NC(=O)c1c([N+](=O)[O-])ccc(Cc2ncc(C(F)(F)F)cc2Cl)c1F. The van der Waals surface area contributed by atoms with Gasteiger partial charge in [-0.15, -0.1) is 0 Å². The van der Waals surface area contributed by atoms with Crippen molar-refractivity contribution in [2.75, 3.05) is 0 Å². The molecular formula is C14H8ClF4N3O3. The average Bonchev–Trinajstić information content (AvgIpc) is 2.49. The zero-order valence-electron chi connectivity index (χ0n) is 12.1. The number of hydrogen-bond acceptors (Lipinski definition) is 4. The highest BCUT2D eigenvalue weighted by Crippen LogP contribution is 2.32. The predicted octanol–water partition coefficient (Wildman–Crippen LogP) is 3.49. The molecule has 0 saturated heterocycles. The summed E-state index contributed by atoms with van der Waals surface area (Å²) >= 11 is 5.74.